The molecule has 762 valence electrons. The largest absolute Gasteiger partial charge is 0.481 e. The molecule has 48 nitrogen and oxygen atoms in total. The Bertz CT molecular complexity index is 3470. The maximum Gasteiger partial charge on any atom is 0.304 e. The molecule has 132 heavy (non-hydrogen) atoms. The second-order valence-corrected chi connectivity index (χ2v) is 41.0. The van der Waals surface area contributed by atoms with Crippen LogP contribution in [0.2, 0.25) is 0 Å². The first-order valence-electron chi connectivity index (χ1n) is 42.4. The van der Waals surface area contributed by atoms with Crippen molar-refractivity contribution in [3.63, 3.8) is 0 Å². The highest BCUT2D eigenvalue weighted by Crippen LogP contribution is 2.42. The van der Waals surface area contributed by atoms with Crippen molar-refractivity contribution in [2.24, 2.45) is 0 Å². The molecule has 8 saturated heterocycles. The normalized spacial score (nSPS) is 39.2. The van der Waals surface area contributed by atoms with Gasteiger partial charge in [0.15, 0.2) is 50.3 Å². The van der Waals surface area contributed by atoms with Crippen LogP contribution in [0.25, 0.3) is 0 Å². The molecular formula is C76H122O48S8. The topological polar surface area (TPSA) is 770 Å². The van der Waals surface area contributed by atoms with E-state index in [0.29, 0.717) is 12.8 Å². The molecule has 0 aromatic carbocycles. The fraction of sp³-hybridized carbons (Fsp3) is 0.895. The number of carboxylic acids is 8. The Morgan fingerprint density at radius 2 is 0.417 bits per heavy atom. The summed E-state index contributed by atoms with van der Waals surface area (Å²) in [5, 5.41) is 266. The highest BCUT2D eigenvalue weighted by atomic mass is 32.2. The van der Waals surface area contributed by atoms with Gasteiger partial charge in [0.25, 0.3) is 0 Å². The summed E-state index contributed by atoms with van der Waals surface area (Å²) in [5.41, 5.74) is 0. The molecule has 0 spiro atoms. The van der Waals surface area contributed by atoms with Crippen LogP contribution >= 0.6 is 94.1 Å². The van der Waals surface area contributed by atoms with Gasteiger partial charge >= 0.3 is 47.8 Å². The van der Waals surface area contributed by atoms with E-state index in [1.54, 1.807) is 0 Å². The maximum absolute atomic E-state index is 12.3. The van der Waals surface area contributed by atoms with Gasteiger partial charge in [-0.25, -0.2) is 0 Å². The molecule has 0 aliphatic carbocycles. The molecule has 8 rings (SSSR count). The number of rotatable bonds is 58. The van der Waals surface area contributed by atoms with Gasteiger partial charge in [0.1, 0.15) is 134 Å². The minimum absolute atomic E-state index is 0.0494. The number of aliphatic hydroxyl groups is 16. The summed E-state index contributed by atoms with van der Waals surface area (Å²) in [7, 11) is 0. The van der Waals surface area contributed by atoms with Gasteiger partial charge in [-0.1, -0.05) is 13.3 Å². The molecule has 0 saturated carbocycles. The Morgan fingerprint density at radius 1 is 0.242 bits per heavy atom. The Morgan fingerprint density at radius 3 is 0.606 bits per heavy atom. The Kier molecular flexibility index (Phi) is 49.8. The molecular weight excluding hydrogens is 1940 g/mol. The minimum atomic E-state index is -2.33. The van der Waals surface area contributed by atoms with Crippen molar-refractivity contribution in [3.8, 4) is 0 Å². The van der Waals surface area contributed by atoms with Crippen molar-refractivity contribution in [2.75, 3.05) is 98.7 Å². The van der Waals surface area contributed by atoms with Crippen molar-refractivity contribution in [2.45, 2.75) is 317 Å². The van der Waals surface area contributed by atoms with E-state index in [-0.39, 0.29) is 124 Å². The number of unbranched alkanes of at least 4 members (excludes halogenated alkanes) is 1. The fourth-order valence-electron chi connectivity index (χ4n) is 14.7. The average molecular weight is 2060 g/mol. The van der Waals surface area contributed by atoms with Crippen LogP contribution in [0.1, 0.15) is 77.6 Å². The second kappa shape index (κ2) is 57.4. The Hall–Kier alpha value is -2.72. The summed E-state index contributed by atoms with van der Waals surface area (Å²) in [5.74, 6) is -12.0. The lowest BCUT2D eigenvalue weighted by molar-refractivity contribution is -0.391. The summed E-state index contributed by atoms with van der Waals surface area (Å²) in [6, 6.07) is 0. The smallest absolute Gasteiger partial charge is 0.304 e. The van der Waals surface area contributed by atoms with Crippen molar-refractivity contribution < 1.29 is 237 Å². The quantitative estimate of drug-likeness (QED) is 0.0252. The SMILES string of the molecule is CCCCOC1OC(CSCCC(=O)O)C(OC2OC(CSCCC(=O)O)C(OC3OC(CSCCC(=O)O)C(OC4OC(CSCCC(=O)O)C(OC5OC(CSCCC(=O)O)C(OC6OC(CSCCC(=O)O)C(OC7OC(CSCCC(=O)O)C(OC8OC(CSCCC(=O)O)CC(O)C8O)C(O)C7O)C(O)C6O)C(O)C5O)C(O)C4O)C(O)C3O)C(O)C2O)C(O)C1O. The van der Waals surface area contributed by atoms with Gasteiger partial charge in [0.2, 0.25) is 0 Å². The molecule has 39 atom stereocenters. The fourth-order valence-corrected chi connectivity index (χ4v) is 22.6. The van der Waals surface area contributed by atoms with Crippen LogP contribution in [-0.4, -0.2) is 509 Å². The lowest BCUT2D eigenvalue weighted by atomic mass is 9.95. The van der Waals surface area contributed by atoms with E-state index in [9.17, 15) is 156 Å². The second-order valence-electron chi connectivity index (χ2n) is 31.8. The number of aliphatic carboxylic acids is 8. The van der Waals surface area contributed by atoms with Crippen molar-refractivity contribution in [3.05, 3.63) is 0 Å². The summed E-state index contributed by atoms with van der Waals surface area (Å²) >= 11 is 7.74. The van der Waals surface area contributed by atoms with Gasteiger partial charge in [-0.15, -0.1) is 0 Å². The molecule has 0 radical (unpaired) electrons. The predicted octanol–water partition coefficient (Wildman–Crippen LogP) is -5.87. The number of aliphatic hydroxyl groups excluding tert-OH is 16. The van der Waals surface area contributed by atoms with Crippen LogP contribution in [0.3, 0.4) is 0 Å². The van der Waals surface area contributed by atoms with Gasteiger partial charge in [-0.05, 0) is 6.42 Å². The standard InChI is InChI=1S/C76H122O48S8/c1-2-3-12-109-69-55(102)48(95)62(32(111-69)23-126-14-5-40(80)81)119-71-57(104)50(97)64(34(113-71)25-128-16-7-42(84)85)121-73-59(106)52(99)66(36(115-73)27-130-18-9-44(88)89)123-75-61(108)54(101)68(38(117-75)29-132-20-11-46(92)93)124-76-60(107)53(100)67(37(116-76)28-131-19-10-45(90)91)122-74-58(105)51(98)65(35(114-74)26-129-17-8-43(86)87)120-72-56(103)49(96)63(33(112-72)24-127-15-6-41(82)83)118-70-47(94)31(77)21-30(110-70)22-125-13-4-39(78)79/h30-38,47-77,94-108H,2-29H2,1H3,(H,78,79)(H,80,81)(H,82,83)(H,84,85)(H,86,87)(H,88,89)(H,90,91)(H,92,93). The van der Waals surface area contributed by atoms with E-state index < -0.39 is 319 Å². The molecule has 56 heteroatoms. The summed E-state index contributed by atoms with van der Waals surface area (Å²) in [6.45, 7) is 1.98. The molecule has 8 aliphatic rings. The molecule has 39 unspecified atom stereocenters. The highest BCUT2D eigenvalue weighted by molar-refractivity contribution is 8.00. The summed E-state index contributed by atoms with van der Waals surface area (Å²) < 4.78 is 98.7. The highest BCUT2D eigenvalue weighted by Gasteiger charge is 2.60. The maximum atomic E-state index is 12.3. The van der Waals surface area contributed by atoms with Crippen molar-refractivity contribution >= 4 is 142 Å². The number of carbonyl (C=O) groups is 8. The number of hydrogen-bond donors (Lipinski definition) is 24. The van der Waals surface area contributed by atoms with Crippen molar-refractivity contribution in [1.29, 1.82) is 0 Å². The third kappa shape index (κ3) is 34.6. The van der Waals surface area contributed by atoms with Gasteiger partial charge in [0, 0.05) is 105 Å². The molecule has 0 amide bonds. The number of carboxylic acid groups (broad SMARTS) is 8. The van der Waals surface area contributed by atoms with Crippen LogP contribution in [0.5, 0.6) is 0 Å². The first-order chi connectivity index (χ1) is 62.7. The number of thioether (sulfide) groups is 8. The first kappa shape index (κ1) is 115. The van der Waals surface area contributed by atoms with Gasteiger partial charge < -0.3 is 198 Å². The van der Waals surface area contributed by atoms with Gasteiger partial charge in [-0.2, -0.15) is 94.1 Å². The zero-order valence-corrected chi connectivity index (χ0v) is 77.6. The minimum Gasteiger partial charge on any atom is -0.481 e. The third-order valence-corrected chi connectivity index (χ3v) is 30.3. The first-order valence-corrected chi connectivity index (χ1v) is 51.6. The van der Waals surface area contributed by atoms with Crippen LogP contribution < -0.4 is 0 Å². The van der Waals surface area contributed by atoms with Crippen LogP contribution in [-0.2, 0) is 114 Å². The van der Waals surface area contributed by atoms with Crippen LogP contribution in [0, 0.1) is 0 Å². The molecule has 8 fully saturated rings. The Balaban J connectivity index is 1.01. The van der Waals surface area contributed by atoms with Gasteiger partial charge in [-0.3, -0.25) is 38.4 Å². The summed E-state index contributed by atoms with van der Waals surface area (Å²) in [4.78, 5) is 92.9. The molecule has 8 aliphatic heterocycles. The predicted molar refractivity (Wildman–Crippen MR) is 462 cm³/mol. The third-order valence-electron chi connectivity index (χ3n) is 21.8. The van der Waals surface area contributed by atoms with Crippen LogP contribution in [0.4, 0.5) is 0 Å². The zero-order valence-electron chi connectivity index (χ0n) is 71.1. The lowest BCUT2D eigenvalue weighted by Gasteiger charge is -2.50. The van der Waals surface area contributed by atoms with Crippen LogP contribution in [0.15, 0.2) is 0 Å². The Labute approximate surface area is 789 Å². The van der Waals surface area contributed by atoms with Crippen molar-refractivity contribution in [1.82, 2.24) is 0 Å². The molecule has 8 heterocycles. The summed E-state index contributed by atoms with van der Waals surface area (Å²) in [6.07, 6.45) is -75.0. The lowest BCUT2D eigenvalue weighted by Crippen LogP contribution is -2.68. The average Bonchev–Trinajstić information content (AvgIpc) is 0.769. The van der Waals surface area contributed by atoms with E-state index in [4.69, 9.17) is 80.9 Å². The van der Waals surface area contributed by atoms with E-state index in [1.165, 1.54) is 0 Å². The molecule has 0 bridgehead atoms. The zero-order chi connectivity index (χ0) is 96.9. The molecule has 24 N–H and O–H groups in total. The number of ether oxygens (including phenoxy) is 16. The molecule has 0 aromatic rings. The van der Waals surface area contributed by atoms with Gasteiger partial charge in [0.05, 0.1) is 106 Å². The van der Waals surface area contributed by atoms with E-state index in [2.05, 4.69) is 0 Å². The van der Waals surface area contributed by atoms with E-state index in [1.807, 2.05) is 6.92 Å². The molecule has 0 aromatic heterocycles. The monoisotopic (exact) mass is 2060 g/mol. The number of hydrogen-bond acceptors (Lipinski definition) is 48. The van der Waals surface area contributed by atoms with E-state index in [0.717, 1.165) is 94.1 Å². The van der Waals surface area contributed by atoms with E-state index >= 15 is 0 Å².